The third kappa shape index (κ3) is 10.5. The van der Waals surface area contributed by atoms with Crippen LogP contribution in [0.2, 0.25) is 0 Å². The Labute approximate surface area is 302 Å². The van der Waals surface area contributed by atoms with Crippen molar-refractivity contribution in [3.8, 4) is 0 Å². The second-order valence-corrected chi connectivity index (χ2v) is 12.1. The number of nitrogens with zero attached hydrogens (tertiary/aromatic N) is 3. The molecule has 0 amide bonds. The second-order valence-electron chi connectivity index (χ2n) is 12.1. The molecule has 0 radical (unpaired) electrons. The van der Waals surface area contributed by atoms with Gasteiger partial charge in [-0.05, 0) is 42.6 Å². The van der Waals surface area contributed by atoms with Crippen LogP contribution in [0, 0.1) is 0 Å². The number of benzene rings is 2. The highest BCUT2D eigenvalue weighted by atomic mass is 16.8. The van der Waals surface area contributed by atoms with E-state index in [1.807, 2.05) is 13.8 Å². The lowest BCUT2D eigenvalue weighted by Crippen LogP contribution is -2.66. The third-order valence-corrected chi connectivity index (χ3v) is 8.53. The largest absolute Gasteiger partial charge is 0.467 e. The molecule has 52 heavy (non-hydrogen) atoms. The normalized spacial score (nSPS) is 28.6. The zero-order valence-corrected chi connectivity index (χ0v) is 29.7. The number of esters is 3. The van der Waals surface area contributed by atoms with Crippen molar-refractivity contribution in [3.63, 3.8) is 0 Å². The molecule has 2 heterocycles. The Morgan fingerprint density at radius 3 is 1.96 bits per heavy atom. The highest BCUT2D eigenvalue weighted by molar-refractivity contribution is 5.90. The maximum absolute atomic E-state index is 13.5. The minimum Gasteiger partial charge on any atom is -0.467 e. The standard InChI is InChI=1S/C36H47N3O13/c1-5-7-19-46-28-25(38-39-37)35(45-4)49-24(21-48-32(41)22-15-11-9-12-16-22)27(28)51-36-31(50-33(42)23-17-13-10-14-18-23)29(47-20-8-6-2)26(40)30(52-36)34(43)44-3/h9-18,24-31,35-36,40H,5-8,19-21H2,1-4H3/t24?,25?,26-,27+,28+,29-,30?,31?,35-,36+/m0/s1. The monoisotopic (exact) mass is 729 g/mol. The van der Waals surface area contributed by atoms with Crippen LogP contribution in [0.15, 0.2) is 65.8 Å². The van der Waals surface area contributed by atoms with E-state index in [-0.39, 0.29) is 24.3 Å². The summed E-state index contributed by atoms with van der Waals surface area (Å²) in [6.45, 7) is 3.86. The highest BCUT2D eigenvalue weighted by Gasteiger charge is 2.55. The number of carbonyl (C=O) groups excluding carboxylic acids is 3. The molecular weight excluding hydrogens is 682 g/mol. The lowest BCUT2D eigenvalue weighted by molar-refractivity contribution is -0.345. The van der Waals surface area contributed by atoms with Gasteiger partial charge >= 0.3 is 17.9 Å². The maximum Gasteiger partial charge on any atom is 0.338 e. The molecule has 0 aromatic heterocycles. The summed E-state index contributed by atoms with van der Waals surface area (Å²) in [6.07, 6.45) is -9.66. The molecule has 2 aliphatic rings. The highest BCUT2D eigenvalue weighted by Crippen LogP contribution is 2.35. The van der Waals surface area contributed by atoms with Gasteiger partial charge in [-0.2, -0.15) is 0 Å². The van der Waals surface area contributed by atoms with Gasteiger partial charge in [0.05, 0.1) is 24.3 Å². The summed E-state index contributed by atoms with van der Waals surface area (Å²) >= 11 is 0. The van der Waals surface area contributed by atoms with Crippen molar-refractivity contribution in [1.29, 1.82) is 0 Å². The Kier molecular flexibility index (Phi) is 16.3. The first-order valence-corrected chi connectivity index (χ1v) is 17.3. The van der Waals surface area contributed by atoms with Gasteiger partial charge in [-0.1, -0.05) is 68.2 Å². The molecule has 10 atom stereocenters. The molecule has 0 saturated carbocycles. The van der Waals surface area contributed by atoms with Gasteiger partial charge < -0.3 is 47.7 Å². The van der Waals surface area contributed by atoms with Gasteiger partial charge in [-0.3, -0.25) is 0 Å². The molecule has 2 fully saturated rings. The van der Waals surface area contributed by atoms with Crippen LogP contribution in [0.3, 0.4) is 0 Å². The lowest BCUT2D eigenvalue weighted by Gasteiger charge is -2.48. The number of azide groups is 1. The first-order chi connectivity index (χ1) is 25.3. The SMILES string of the molecule is CCCCO[C@@H]1C(OC(=O)c2ccccc2)[C@H](O[C@@H]2C(COC(=O)c3ccccc3)O[C@H](OC)C(N=[N+]=[N-])[C@H]2OCCCC)OC(C(=O)OC)[C@H]1O. The van der Waals surface area contributed by atoms with Crippen LogP contribution in [0.4, 0.5) is 0 Å². The molecule has 2 saturated heterocycles. The zero-order chi connectivity index (χ0) is 37.5. The fraction of sp³-hybridized carbons (Fsp3) is 0.583. The van der Waals surface area contributed by atoms with Crippen molar-refractivity contribution < 1.29 is 62.1 Å². The molecule has 4 rings (SSSR count). The molecule has 0 spiro atoms. The summed E-state index contributed by atoms with van der Waals surface area (Å²) in [7, 11) is 2.48. The summed E-state index contributed by atoms with van der Waals surface area (Å²) in [5.74, 6) is -2.38. The van der Waals surface area contributed by atoms with E-state index >= 15 is 0 Å². The summed E-state index contributed by atoms with van der Waals surface area (Å²) in [6, 6.07) is 15.3. The number of hydrogen-bond acceptors (Lipinski definition) is 14. The van der Waals surface area contributed by atoms with E-state index in [0.717, 1.165) is 20.0 Å². The first-order valence-electron chi connectivity index (χ1n) is 17.3. The van der Waals surface area contributed by atoms with E-state index in [9.17, 15) is 25.0 Å². The van der Waals surface area contributed by atoms with Gasteiger partial charge in [0.2, 0.25) is 0 Å². The van der Waals surface area contributed by atoms with Gasteiger partial charge in [0.25, 0.3) is 0 Å². The number of unbranched alkanes of at least 4 members (excludes halogenated alkanes) is 2. The molecule has 2 aromatic carbocycles. The van der Waals surface area contributed by atoms with Crippen molar-refractivity contribution in [3.05, 3.63) is 82.2 Å². The van der Waals surface area contributed by atoms with Gasteiger partial charge in [0.15, 0.2) is 24.8 Å². The fourth-order valence-electron chi connectivity index (χ4n) is 5.78. The zero-order valence-electron chi connectivity index (χ0n) is 29.7. The van der Waals surface area contributed by atoms with Crippen molar-refractivity contribution in [2.24, 2.45) is 5.11 Å². The van der Waals surface area contributed by atoms with Crippen molar-refractivity contribution in [2.75, 3.05) is 34.0 Å². The van der Waals surface area contributed by atoms with Crippen LogP contribution >= 0.6 is 0 Å². The molecule has 1 N–H and O–H groups in total. The van der Waals surface area contributed by atoms with Crippen LogP contribution in [0.1, 0.15) is 60.2 Å². The number of carbonyl (C=O) groups is 3. The van der Waals surface area contributed by atoms with Gasteiger partial charge in [-0.25, -0.2) is 14.4 Å². The molecule has 16 nitrogen and oxygen atoms in total. The Morgan fingerprint density at radius 2 is 1.40 bits per heavy atom. The van der Waals surface area contributed by atoms with E-state index in [4.69, 9.17) is 42.6 Å². The van der Waals surface area contributed by atoms with E-state index in [2.05, 4.69) is 10.0 Å². The van der Waals surface area contributed by atoms with E-state index in [1.54, 1.807) is 60.7 Å². The minimum atomic E-state index is -1.65. The molecule has 16 heteroatoms. The smallest absolute Gasteiger partial charge is 0.338 e. The van der Waals surface area contributed by atoms with E-state index in [1.165, 1.54) is 7.11 Å². The second kappa shape index (κ2) is 20.8. The Morgan fingerprint density at radius 1 is 0.808 bits per heavy atom. The molecule has 0 bridgehead atoms. The van der Waals surface area contributed by atoms with Crippen LogP contribution in [0.5, 0.6) is 0 Å². The topological polar surface area (TPSA) is 203 Å². The van der Waals surface area contributed by atoms with Crippen LogP contribution in [-0.2, 0) is 47.4 Å². The predicted molar refractivity (Wildman–Crippen MR) is 182 cm³/mol. The van der Waals surface area contributed by atoms with Crippen LogP contribution in [-0.4, -0.2) is 118 Å². The van der Waals surface area contributed by atoms with Crippen molar-refractivity contribution >= 4 is 17.9 Å². The lowest BCUT2D eigenvalue weighted by atomic mass is 9.95. The average Bonchev–Trinajstić information content (AvgIpc) is 3.17. The quantitative estimate of drug-likeness (QED) is 0.0573. The van der Waals surface area contributed by atoms with Gasteiger partial charge in [0, 0.05) is 25.2 Å². The van der Waals surface area contributed by atoms with Crippen LogP contribution in [0.25, 0.3) is 10.4 Å². The summed E-state index contributed by atoms with van der Waals surface area (Å²) in [4.78, 5) is 42.5. The molecule has 4 unspecified atom stereocenters. The fourth-order valence-corrected chi connectivity index (χ4v) is 5.78. The first kappa shape index (κ1) is 40.6. The molecule has 2 aromatic rings. The number of rotatable bonds is 18. The Bertz CT molecular complexity index is 1460. The Hall–Kier alpha value is -4.12. The number of aliphatic hydroxyl groups is 1. The molecule has 0 aliphatic carbocycles. The van der Waals surface area contributed by atoms with Gasteiger partial charge in [0.1, 0.15) is 37.1 Å². The summed E-state index contributed by atoms with van der Waals surface area (Å²) in [5.41, 5.74) is 10.0. The third-order valence-electron chi connectivity index (χ3n) is 8.53. The number of methoxy groups -OCH3 is 2. The van der Waals surface area contributed by atoms with Crippen molar-refractivity contribution in [1.82, 2.24) is 0 Å². The number of aliphatic hydroxyl groups excluding tert-OH is 1. The summed E-state index contributed by atoms with van der Waals surface area (Å²) < 4.78 is 53.2. The number of hydrogen-bond donors (Lipinski definition) is 1. The van der Waals surface area contributed by atoms with Gasteiger partial charge in [-0.15, -0.1) is 0 Å². The van der Waals surface area contributed by atoms with E-state index < -0.39 is 85.9 Å². The predicted octanol–water partition coefficient (Wildman–Crippen LogP) is 4.13. The molecule has 2 aliphatic heterocycles. The maximum atomic E-state index is 13.5. The number of ether oxygens (including phenoxy) is 9. The van der Waals surface area contributed by atoms with Crippen LogP contribution < -0.4 is 0 Å². The molecule has 284 valence electrons. The minimum absolute atomic E-state index is 0.139. The Balaban J connectivity index is 1.77. The molecular formula is C36H47N3O13. The summed E-state index contributed by atoms with van der Waals surface area (Å²) in [5, 5.41) is 15.3. The van der Waals surface area contributed by atoms with Crippen molar-refractivity contribution in [2.45, 2.75) is 101 Å². The van der Waals surface area contributed by atoms with E-state index in [0.29, 0.717) is 12.8 Å². The average molecular weight is 730 g/mol.